The monoisotopic (exact) mass is 328 g/mol. The van der Waals surface area contributed by atoms with Crippen LogP contribution < -0.4 is 0 Å². The number of aliphatic hydroxyl groups is 1. The average Bonchev–Trinajstić information content (AvgIpc) is 3.42. The maximum absolute atomic E-state index is 12.7. The van der Waals surface area contributed by atoms with Crippen molar-refractivity contribution < 1.29 is 19.4 Å². The van der Waals surface area contributed by atoms with Crippen molar-refractivity contribution in [1.82, 2.24) is 0 Å². The number of carbonyl (C=O) groups is 2. The zero-order valence-electron chi connectivity index (χ0n) is 14.2. The Balaban J connectivity index is 1.99. The average molecular weight is 328 g/mol. The third kappa shape index (κ3) is 2.97. The van der Waals surface area contributed by atoms with Crippen molar-refractivity contribution >= 4 is 11.8 Å². The molecule has 1 saturated carbocycles. The number of aliphatic hydroxyl groups excluding tert-OH is 1. The lowest BCUT2D eigenvalue weighted by Crippen LogP contribution is -2.41. The van der Waals surface area contributed by atoms with Crippen molar-refractivity contribution in [2.45, 2.75) is 51.6 Å². The molecule has 1 heterocycles. The van der Waals surface area contributed by atoms with Gasteiger partial charge in [-0.15, -0.1) is 0 Å². The molecule has 1 aliphatic heterocycles. The van der Waals surface area contributed by atoms with Gasteiger partial charge in [-0.05, 0) is 37.2 Å². The van der Waals surface area contributed by atoms with Gasteiger partial charge in [-0.25, -0.2) is 4.79 Å². The lowest BCUT2D eigenvalue weighted by Gasteiger charge is -2.31. The van der Waals surface area contributed by atoms with Gasteiger partial charge in [0.2, 0.25) is 5.78 Å². The summed E-state index contributed by atoms with van der Waals surface area (Å²) in [5.41, 5.74) is 1.10. The van der Waals surface area contributed by atoms with E-state index in [2.05, 4.69) is 0 Å². The summed E-state index contributed by atoms with van der Waals surface area (Å²) in [5.74, 6) is -1.39. The Morgan fingerprint density at radius 1 is 1.12 bits per heavy atom. The standard InChI is InChI=1S/C20H24O4/c1-3-12(4-2)19-18(22)17(21)16(20(23)24-19)15(14-10-11-14)13-8-6-5-7-9-13/h5-9,12,14-15,19,21H,3-4,10-11H2,1-2H3. The number of ketones is 1. The molecule has 1 aromatic carbocycles. The molecule has 4 heteroatoms. The fourth-order valence-electron chi connectivity index (χ4n) is 3.66. The Labute approximate surface area is 142 Å². The molecule has 4 nitrogen and oxygen atoms in total. The molecule has 2 atom stereocenters. The minimum absolute atomic E-state index is 0.0544. The summed E-state index contributed by atoms with van der Waals surface area (Å²) in [6.07, 6.45) is 2.59. The number of Topliss-reactive ketones (excluding diaryl/α,β-unsaturated/α-hetero) is 1. The Kier molecular flexibility index (Phi) is 4.74. The van der Waals surface area contributed by atoms with Crippen LogP contribution in [0.4, 0.5) is 0 Å². The largest absolute Gasteiger partial charge is 0.504 e. The van der Waals surface area contributed by atoms with E-state index in [4.69, 9.17) is 4.74 Å². The van der Waals surface area contributed by atoms with Gasteiger partial charge in [0, 0.05) is 11.8 Å². The van der Waals surface area contributed by atoms with Gasteiger partial charge in [0.15, 0.2) is 11.9 Å². The predicted octanol–water partition coefficient (Wildman–Crippen LogP) is 3.92. The first-order chi connectivity index (χ1) is 11.6. The number of carbonyl (C=O) groups excluding carboxylic acids is 2. The van der Waals surface area contributed by atoms with Gasteiger partial charge >= 0.3 is 5.97 Å². The lowest BCUT2D eigenvalue weighted by atomic mass is 9.82. The van der Waals surface area contributed by atoms with Gasteiger partial charge in [0.05, 0.1) is 5.57 Å². The third-order valence-corrected chi connectivity index (χ3v) is 5.24. The van der Waals surface area contributed by atoms with E-state index in [1.165, 1.54) is 0 Å². The van der Waals surface area contributed by atoms with Crippen LogP contribution in [-0.4, -0.2) is 23.0 Å². The molecule has 1 aliphatic carbocycles. The minimum Gasteiger partial charge on any atom is -0.504 e. The van der Waals surface area contributed by atoms with E-state index in [0.717, 1.165) is 31.2 Å². The topological polar surface area (TPSA) is 63.6 Å². The van der Waals surface area contributed by atoms with Gasteiger partial charge < -0.3 is 9.84 Å². The highest BCUT2D eigenvalue weighted by Crippen LogP contribution is 2.48. The first kappa shape index (κ1) is 16.7. The number of hydrogen-bond acceptors (Lipinski definition) is 4. The molecule has 0 radical (unpaired) electrons. The van der Waals surface area contributed by atoms with Gasteiger partial charge in [-0.1, -0.05) is 44.2 Å². The Morgan fingerprint density at radius 3 is 2.29 bits per heavy atom. The Bertz CT molecular complexity index is 653. The summed E-state index contributed by atoms with van der Waals surface area (Å²) in [7, 11) is 0. The smallest absolute Gasteiger partial charge is 0.339 e. The van der Waals surface area contributed by atoms with Crippen molar-refractivity contribution in [2.24, 2.45) is 11.8 Å². The number of ether oxygens (including phenoxy) is 1. The van der Waals surface area contributed by atoms with Gasteiger partial charge in [0.1, 0.15) is 0 Å². The van der Waals surface area contributed by atoms with Crippen molar-refractivity contribution in [3.63, 3.8) is 0 Å². The number of hydrogen-bond donors (Lipinski definition) is 1. The van der Waals surface area contributed by atoms with Crippen LogP contribution in [0.1, 0.15) is 51.0 Å². The van der Waals surface area contributed by atoms with Crippen molar-refractivity contribution in [2.75, 3.05) is 0 Å². The quantitative estimate of drug-likeness (QED) is 0.804. The van der Waals surface area contributed by atoms with E-state index < -0.39 is 17.9 Å². The summed E-state index contributed by atoms with van der Waals surface area (Å²) in [5, 5.41) is 10.6. The molecule has 24 heavy (non-hydrogen) atoms. The van der Waals surface area contributed by atoms with E-state index >= 15 is 0 Å². The Morgan fingerprint density at radius 2 is 1.75 bits per heavy atom. The number of esters is 1. The van der Waals surface area contributed by atoms with Gasteiger partial charge in [0.25, 0.3) is 0 Å². The zero-order valence-corrected chi connectivity index (χ0v) is 14.2. The van der Waals surface area contributed by atoms with Crippen molar-refractivity contribution in [3.8, 4) is 0 Å². The van der Waals surface area contributed by atoms with Crippen LogP contribution in [0.2, 0.25) is 0 Å². The van der Waals surface area contributed by atoms with Gasteiger partial charge in [-0.3, -0.25) is 4.79 Å². The molecule has 0 aromatic heterocycles. The van der Waals surface area contributed by atoms with Crippen LogP contribution in [-0.2, 0) is 14.3 Å². The molecule has 0 amide bonds. The van der Waals surface area contributed by atoms with Crippen molar-refractivity contribution in [3.05, 3.63) is 47.2 Å². The molecule has 0 saturated heterocycles. The maximum Gasteiger partial charge on any atom is 0.339 e. The molecule has 1 fully saturated rings. The predicted molar refractivity (Wildman–Crippen MR) is 90.5 cm³/mol. The molecule has 0 bridgehead atoms. The summed E-state index contributed by atoms with van der Waals surface area (Å²) in [6, 6.07) is 9.60. The second-order valence-electron chi connectivity index (χ2n) is 6.75. The number of rotatable bonds is 6. The summed E-state index contributed by atoms with van der Waals surface area (Å²) in [4.78, 5) is 25.3. The second-order valence-corrected chi connectivity index (χ2v) is 6.75. The fraction of sp³-hybridized carbons (Fsp3) is 0.500. The molecular weight excluding hydrogens is 304 g/mol. The van der Waals surface area contributed by atoms with Crippen LogP contribution in [0.5, 0.6) is 0 Å². The van der Waals surface area contributed by atoms with Crippen LogP contribution in [0, 0.1) is 11.8 Å². The highest BCUT2D eigenvalue weighted by Gasteiger charge is 2.46. The van der Waals surface area contributed by atoms with Crippen LogP contribution >= 0.6 is 0 Å². The number of cyclic esters (lactones) is 1. The zero-order chi connectivity index (χ0) is 17.3. The summed E-state index contributed by atoms with van der Waals surface area (Å²) in [6.45, 7) is 3.92. The first-order valence-corrected chi connectivity index (χ1v) is 8.81. The van der Waals surface area contributed by atoms with E-state index in [1.807, 2.05) is 44.2 Å². The first-order valence-electron chi connectivity index (χ1n) is 8.81. The Hall–Kier alpha value is -2.10. The molecule has 3 rings (SSSR count). The second kappa shape index (κ2) is 6.80. The summed E-state index contributed by atoms with van der Waals surface area (Å²) >= 11 is 0. The highest BCUT2D eigenvalue weighted by molar-refractivity contribution is 6.09. The molecule has 2 unspecified atom stereocenters. The van der Waals surface area contributed by atoms with Crippen molar-refractivity contribution in [1.29, 1.82) is 0 Å². The molecular formula is C20H24O4. The van der Waals surface area contributed by atoms with E-state index in [1.54, 1.807) is 0 Å². The molecule has 1 aromatic rings. The summed E-state index contributed by atoms with van der Waals surface area (Å²) < 4.78 is 5.50. The van der Waals surface area contributed by atoms with Crippen LogP contribution in [0.15, 0.2) is 41.7 Å². The normalized spacial score (nSPS) is 22.7. The molecule has 0 spiro atoms. The third-order valence-electron chi connectivity index (χ3n) is 5.24. The van der Waals surface area contributed by atoms with E-state index in [0.29, 0.717) is 0 Å². The molecule has 128 valence electrons. The van der Waals surface area contributed by atoms with E-state index in [9.17, 15) is 14.7 Å². The van der Waals surface area contributed by atoms with E-state index in [-0.39, 0.29) is 29.1 Å². The molecule has 2 aliphatic rings. The highest BCUT2D eigenvalue weighted by atomic mass is 16.6. The van der Waals surface area contributed by atoms with Crippen LogP contribution in [0.3, 0.4) is 0 Å². The number of benzene rings is 1. The maximum atomic E-state index is 12.7. The fourth-order valence-corrected chi connectivity index (χ4v) is 3.66. The molecule has 1 N–H and O–H groups in total. The van der Waals surface area contributed by atoms with Gasteiger partial charge in [-0.2, -0.15) is 0 Å². The SMILES string of the molecule is CCC(CC)C1OC(=O)C(C(c2ccccc2)C2CC2)=C(O)C1=O. The van der Waals surface area contributed by atoms with Crippen LogP contribution in [0.25, 0.3) is 0 Å². The minimum atomic E-state index is -0.855. The lowest BCUT2D eigenvalue weighted by molar-refractivity contribution is -0.158.